The molecule has 33 heavy (non-hydrogen) atoms. The third-order valence-electron chi connectivity index (χ3n) is 5.57. The Morgan fingerprint density at radius 2 is 1.61 bits per heavy atom. The number of ketones is 1. The predicted molar refractivity (Wildman–Crippen MR) is 123 cm³/mol. The average molecular weight is 452 g/mol. The summed E-state index contributed by atoms with van der Waals surface area (Å²) in [6.45, 7) is 4.19. The molecule has 1 heterocycles. The number of amides is 1. The lowest BCUT2D eigenvalue weighted by atomic mass is 10.1. The van der Waals surface area contributed by atoms with Crippen LogP contribution < -0.4 is 4.90 Å². The Balaban J connectivity index is 1.51. The first-order valence-electron chi connectivity index (χ1n) is 11.2. The number of aryl methyl sites for hydroxylation is 1. The maximum atomic E-state index is 12.5. The number of nitrogens with zero attached hydrogens (tertiary/aromatic N) is 1. The van der Waals surface area contributed by atoms with Crippen LogP contribution in [0.25, 0.3) is 0 Å². The van der Waals surface area contributed by atoms with E-state index in [1.807, 2.05) is 19.1 Å². The summed E-state index contributed by atoms with van der Waals surface area (Å²) < 4.78 is 10.4. The SMILES string of the molecule is CCCCCOC(=O)c1ccc(N2C[C@@H](C(=O)OCC(=O)c3ccc(C)cc3)CC2=O)cc1. The van der Waals surface area contributed by atoms with Crippen LogP contribution in [0, 0.1) is 12.8 Å². The molecule has 0 aliphatic carbocycles. The molecule has 1 atom stereocenters. The molecule has 1 saturated heterocycles. The highest BCUT2D eigenvalue weighted by Crippen LogP contribution is 2.26. The molecule has 0 bridgehead atoms. The van der Waals surface area contributed by atoms with Gasteiger partial charge in [0.1, 0.15) is 0 Å². The number of Topliss-reactive ketones (excluding diaryl/α,β-unsaturated/α-hetero) is 1. The predicted octanol–water partition coefficient (Wildman–Crippen LogP) is 4.12. The van der Waals surface area contributed by atoms with Crippen molar-refractivity contribution in [2.24, 2.45) is 5.92 Å². The van der Waals surface area contributed by atoms with Crippen LogP contribution in [0.5, 0.6) is 0 Å². The van der Waals surface area contributed by atoms with E-state index in [-0.39, 0.29) is 31.3 Å². The fourth-order valence-corrected chi connectivity index (χ4v) is 3.57. The van der Waals surface area contributed by atoms with E-state index in [9.17, 15) is 19.2 Å². The smallest absolute Gasteiger partial charge is 0.338 e. The number of benzene rings is 2. The molecule has 0 saturated carbocycles. The Bertz CT molecular complexity index is 996. The van der Waals surface area contributed by atoms with E-state index in [2.05, 4.69) is 6.92 Å². The molecule has 0 unspecified atom stereocenters. The van der Waals surface area contributed by atoms with Gasteiger partial charge in [0.15, 0.2) is 12.4 Å². The van der Waals surface area contributed by atoms with Crippen molar-refractivity contribution in [1.29, 1.82) is 0 Å². The van der Waals surface area contributed by atoms with Gasteiger partial charge < -0.3 is 14.4 Å². The molecule has 0 aromatic heterocycles. The largest absolute Gasteiger partial charge is 0.462 e. The summed E-state index contributed by atoms with van der Waals surface area (Å²) in [7, 11) is 0. The second-order valence-corrected chi connectivity index (χ2v) is 8.19. The van der Waals surface area contributed by atoms with Crippen LogP contribution in [0.15, 0.2) is 48.5 Å². The normalized spacial score (nSPS) is 15.4. The van der Waals surface area contributed by atoms with Gasteiger partial charge in [-0.2, -0.15) is 0 Å². The number of esters is 2. The Labute approximate surface area is 193 Å². The lowest BCUT2D eigenvalue weighted by molar-refractivity contribution is -0.147. The number of hydrogen-bond acceptors (Lipinski definition) is 6. The molecule has 1 aliphatic heterocycles. The number of anilines is 1. The number of carbonyl (C=O) groups is 4. The Kier molecular flexibility index (Phi) is 8.35. The summed E-state index contributed by atoms with van der Waals surface area (Å²) in [5, 5.41) is 0. The summed E-state index contributed by atoms with van der Waals surface area (Å²) >= 11 is 0. The third-order valence-corrected chi connectivity index (χ3v) is 5.57. The minimum atomic E-state index is -0.647. The average Bonchev–Trinajstić information content (AvgIpc) is 3.22. The van der Waals surface area contributed by atoms with Crippen molar-refractivity contribution in [3.8, 4) is 0 Å². The maximum absolute atomic E-state index is 12.5. The third kappa shape index (κ3) is 6.51. The molecule has 0 spiro atoms. The van der Waals surface area contributed by atoms with Gasteiger partial charge in [-0.3, -0.25) is 14.4 Å². The van der Waals surface area contributed by atoms with E-state index in [1.54, 1.807) is 36.4 Å². The fourth-order valence-electron chi connectivity index (χ4n) is 3.57. The van der Waals surface area contributed by atoms with Gasteiger partial charge in [0.2, 0.25) is 5.91 Å². The highest BCUT2D eigenvalue weighted by molar-refractivity contribution is 6.01. The molecular formula is C26H29NO6. The second-order valence-electron chi connectivity index (χ2n) is 8.19. The number of ether oxygens (including phenoxy) is 2. The van der Waals surface area contributed by atoms with Crippen molar-refractivity contribution >= 4 is 29.3 Å². The molecule has 2 aromatic carbocycles. The van der Waals surface area contributed by atoms with Gasteiger partial charge in [0.05, 0.1) is 18.1 Å². The van der Waals surface area contributed by atoms with Gasteiger partial charge in [0.25, 0.3) is 0 Å². The van der Waals surface area contributed by atoms with Crippen LogP contribution in [0.4, 0.5) is 5.69 Å². The number of unbranched alkanes of at least 4 members (excludes halogenated alkanes) is 2. The van der Waals surface area contributed by atoms with Gasteiger partial charge in [-0.05, 0) is 37.6 Å². The topological polar surface area (TPSA) is 90.0 Å². The Hall–Kier alpha value is -3.48. The number of hydrogen-bond donors (Lipinski definition) is 0. The van der Waals surface area contributed by atoms with Crippen LogP contribution in [-0.2, 0) is 19.1 Å². The van der Waals surface area contributed by atoms with Crippen LogP contribution in [-0.4, -0.2) is 43.4 Å². The molecule has 7 nitrogen and oxygen atoms in total. The van der Waals surface area contributed by atoms with Crippen molar-refractivity contribution in [3.05, 3.63) is 65.2 Å². The maximum Gasteiger partial charge on any atom is 0.338 e. The standard InChI is InChI=1S/C26H29NO6/c1-3-4-5-14-32-25(30)20-10-12-22(13-11-20)27-16-21(15-24(27)29)26(31)33-17-23(28)19-8-6-18(2)7-9-19/h6-13,21H,3-5,14-17H2,1-2H3/t21-/m0/s1. The van der Waals surface area contributed by atoms with E-state index < -0.39 is 17.9 Å². The summed E-state index contributed by atoms with van der Waals surface area (Å²) in [6, 6.07) is 13.6. The first-order chi connectivity index (χ1) is 15.9. The fraction of sp³-hybridized carbons (Fsp3) is 0.385. The first kappa shape index (κ1) is 24.2. The quantitative estimate of drug-likeness (QED) is 0.307. The van der Waals surface area contributed by atoms with Crippen molar-refractivity contribution in [2.75, 3.05) is 24.7 Å². The van der Waals surface area contributed by atoms with Gasteiger partial charge in [-0.25, -0.2) is 4.79 Å². The van der Waals surface area contributed by atoms with Gasteiger partial charge in [0, 0.05) is 24.2 Å². The Morgan fingerprint density at radius 1 is 0.939 bits per heavy atom. The minimum Gasteiger partial charge on any atom is -0.462 e. The zero-order valence-electron chi connectivity index (χ0n) is 19.0. The summed E-state index contributed by atoms with van der Waals surface area (Å²) in [6.07, 6.45) is 2.90. The van der Waals surface area contributed by atoms with Crippen molar-refractivity contribution in [1.82, 2.24) is 0 Å². The summed E-state index contributed by atoms with van der Waals surface area (Å²) in [4.78, 5) is 50.7. The van der Waals surface area contributed by atoms with Gasteiger partial charge in [-0.15, -0.1) is 0 Å². The van der Waals surface area contributed by atoms with Crippen molar-refractivity contribution < 1.29 is 28.7 Å². The van der Waals surface area contributed by atoms with E-state index in [4.69, 9.17) is 9.47 Å². The molecule has 1 aliphatic rings. The number of carbonyl (C=O) groups excluding carboxylic acids is 4. The molecule has 0 radical (unpaired) electrons. The van der Waals surface area contributed by atoms with E-state index in [1.165, 1.54) is 4.90 Å². The van der Waals surface area contributed by atoms with Crippen LogP contribution in [0.1, 0.15) is 58.9 Å². The van der Waals surface area contributed by atoms with Gasteiger partial charge >= 0.3 is 11.9 Å². The van der Waals surface area contributed by atoms with E-state index >= 15 is 0 Å². The van der Waals surface area contributed by atoms with E-state index in [0.29, 0.717) is 23.4 Å². The van der Waals surface area contributed by atoms with Crippen molar-refractivity contribution in [3.63, 3.8) is 0 Å². The zero-order valence-corrected chi connectivity index (χ0v) is 19.0. The van der Waals surface area contributed by atoms with Crippen LogP contribution >= 0.6 is 0 Å². The van der Waals surface area contributed by atoms with Crippen LogP contribution in [0.3, 0.4) is 0 Å². The lowest BCUT2D eigenvalue weighted by Gasteiger charge is -2.17. The highest BCUT2D eigenvalue weighted by atomic mass is 16.5. The molecular weight excluding hydrogens is 422 g/mol. The molecule has 3 rings (SSSR count). The van der Waals surface area contributed by atoms with Gasteiger partial charge in [-0.1, -0.05) is 49.6 Å². The van der Waals surface area contributed by atoms with Crippen LogP contribution in [0.2, 0.25) is 0 Å². The molecule has 0 N–H and O–H groups in total. The number of rotatable bonds is 10. The second kappa shape index (κ2) is 11.4. The first-order valence-corrected chi connectivity index (χ1v) is 11.2. The summed E-state index contributed by atoms with van der Waals surface area (Å²) in [5.41, 5.74) is 2.51. The molecule has 1 amide bonds. The summed E-state index contributed by atoms with van der Waals surface area (Å²) in [5.74, 6) is -2.12. The minimum absolute atomic E-state index is 0.0127. The monoisotopic (exact) mass is 451 g/mol. The Morgan fingerprint density at radius 3 is 2.27 bits per heavy atom. The van der Waals surface area contributed by atoms with Crippen molar-refractivity contribution in [2.45, 2.75) is 39.5 Å². The highest BCUT2D eigenvalue weighted by Gasteiger charge is 2.36. The molecule has 174 valence electrons. The zero-order chi connectivity index (χ0) is 23.8. The lowest BCUT2D eigenvalue weighted by Crippen LogP contribution is -2.27. The molecule has 2 aromatic rings. The molecule has 7 heteroatoms. The van der Waals surface area contributed by atoms with E-state index in [0.717, 1.165) is 24.8 Å². The molecule has 1 fully saturated rings.